The molecule has 1 aliphatic carbocycles. The Labute approximate surface area is 183 Å². The van der Waals surface area contributed by atoms with Gasteiger partial charge in [-0.1, -0.05) is 6.42 Å². The molecular formula is C24H33F2N3O2. The van der Waals surface area contributed by atoms with E-state index < -0.39 is 5.92 Å². The minimum atomic E-state index is -2.60. The first-order valence-corrected chi connectivity index (χ1v) is 11.9. The predicted octanol–water partition coefficient (Wildman–Crippen LogP) is 3.92. The zero-order chi connectivity index (χ0) is 21.4. The molecule has 1 atom stereocenters. The number of alkyl halides is 2. The minimum Gasteiger partial charge on any atom is -0.490 e. The van der Waals surface area contributed by atoms with Crippen molar-refractivity contribution in [3.05, 3.63) is 24.3 Å². The summed E-state index contributed by atoms with van der Waals surface area (Å²) in [5.74, 6) is -1.68. The van der Waals surface area contributed by atoms with Crippen molar-refractivity contribution in [2.45, 2.75) is 75.5 Å². The molecule has 3 heterocycles. The van der Waals surface area contributed by atoms with Gasteiger partial charge in [-0.15, -0.1) is 0 Å². The van der Waals surface area contributed by atoms with Gasteiger partial charge in [0, 0.05) is 50.5 Å². The lowest BCUT2D eigenvalue weighted by Gasteiger charge is -2.44. The van der Waals surface area contributed by atoms with Crippen LogP contribution in [0.25, 0.3) is 0 Å². The molecule has 5 rings (SSSR count). The molecule has 0 aromatic heterocycles. The lowest BCUT2D eigenvalue weighted by atomic mass is 9.86. The van der Waals surface area contributed by atoms with Gasteiger partial charge in [-0.3, -0.25) is 9.69 Å². The molecular weight excluding hydrogens is 400 g/mol. The second-order valence-electron chi connectivity index (χ2n) is 9.75. The first kappa shape index (κ1) is 21.1. The van der Waals surface area contributed by atoms with E-state index in [0.717, 1.165) is 30.7 Å². The van der Waals surface area contributed by atoms with Crippen LogP contribution in [0.5, 0.6) is 5.75 Å². The molecule has 3 aliphatic heterocycles. The number of amides is 1. The largest absolute Gasteiger partial charge is 0.490 e. The maximum Gasteiger partial charge on any atom is 0.261 e. The molecule has 5 nitrogen and oxygen atoms in total. The molecule has 1 aromatic rings. The number of rotatable bonds is 6. The lowest BCUT2D eigenvalue weighted by molar-refractivity contribution is -0.117. The van der Waals surface area contributed by atoms with E-state index in [9.17, 15) is 13.6 Å². The number of carbonyl (C=O) groups is 1. The summed E-state index contributed by atoms with van der Waals surface area (Å²) in [6.07, 6.45) is 7.58. The van der Waals surface area contributed by atoms with E-state index >= 15 is 0 Å². The number of hydrogen-bond donors (Lipinski definition) is 0. The van der Waals surface area contributed by atoms with E-state index in [1.54, 1.807) is 9.80 Å². The zero-order valence-corrected chi connectivity index (χ0v) is 18.1. The Morgan fingerprint density at radius 3 is 2.45 bits per heavy atom. The Morgan fingerprint density at radius 2 is 1.77 bits per heavy atom. The third kappa shape index (κ3) is 4.72. The van der Waals surface area contributed by atoms with E-state index in [0.29, 0.717) is 25.6 Å². The third-order valence-electron chi connectivity index (χ3n) is 7.44. The average molecular weight is 434 g/mol. The molecule has 0 unspecified atom stereocenters. The molecule has 1 aromatic carbocycles. The minimum absolute atomic E-state index is 0.0369. The van der Waals surface area contributed by atoms with Crippen LogP contribution in [-0.4, -0.2) is 72.5 Å². The number of anilines is 1. The van der Waals surface area contributed by atoms with Crippen LogP contribution in [0, 0.1) is 0 Å². The normalized spacial score (nSPS) is 31.7. The van der Waals surface area contributed by atoms with Crippen LogP contribution in [0.1, 0.15) is 51.4 Å². The van der Waals surface area contributed by atoms with Crippen molar-refractivity contribution in [3.8, 4) is 5.75 Å². The smallest absolute Gasteiger partial charge is 0.261 e. The van der Waals surface area contributed by atoms with E-state index in [1.165, 1.54) is 32.4 Å². The first-order chi connectivity index (χ1) is 15.0. The number of likely N-dealkylation sites (tertiary alicyclic amines) is 2. The highest BCUT2D eigenvalue weighted by Gasteiger charge is 2.41. The van der Waals surface area contributed by atoms with Crippen LogP contribution < -0.4 is 9.64 Å². The molecule has 1 saturated carbocycles. The fourth-order valence-corrected chi connectivity index (χ4v) is 5.63. The van der Waals surface area contributed by atoms with Gasteiger partial charge in [-0.25, -0.2) is 8.78 Å². The maximum atomic E-state index is 13.5. The molecule has 0 bridgehead atoms. The average Bonchev–Trinajstić information content (AvgIpc) is 3.27. The standard InChI is InChI=1S/C24H33F2N3O2/c25-24(26)10-13-27(17-24)16-19-6-9-23(30)29(19)18-4-7-21(8-5-18)31-22-14-20(15-22)28-11-2-1-3-12-28/h4-5,7-8,19-20,22H,1-3,6,9-17H2/t19-,20-,22-/m0/s1. The van der Waals surface area contributed by atoms with Gasteiger partial charge in [0.25, 0.3) is 5.92 Å². The van der Waals surface area contributed by atoms with Crippen LogP contribution in [0.15, 0.2) is 24.3 Å². The number of carbonyl (C=O) groups excluding carboxylic acids is 1. The van der Waals surface area contributed by atoms with E-state index in [1.807, 2.05) is 24.3 Å². The van der Waals surface area contributed by atoms with E-state index in [-0.39, 0.29) is 31.0 Å². The summed E-state index contributed by atoms with van der Waals surface area (Å²) in [6.45, 7) is 3.17. The van der Waals surface area contributed by atoms with Gasteiger partial charge in [0.2, 0.25) is 5.91 Å². The third-order valence-corrected chi connectivity index (χ3v) is 7.44. The van der Waals surface area contributed by atoms with E-state index in [4.69, 9.17) is 4.74 Å². The second kappa shape index (κ2) is 8.66. The number of piperidine rings is 1. The highest BCUT2D eigenvalue weighted by molar-refractivity contribution is 5.96. The number of benzene rings is 1. The Kier molecular flexibility index (Phi) is 5.90. The summed E-state index contributed by atoms with van der Waals surface area (Å²) in [7, 11) is 0. The summed E-state index contributed by atoms with van der Waals surface area (Å²) in [5.41, 5.74) is 0.839. The first-order valence-electron chi connectivity index (χ1n) is 11.9. The van der Waals surface area contributed by atoms with Crippen molar-refractivity contribution in [2.75, 3.05) is 37.6 Å². The van der Waals surface area contributed by atoms with Crippen molar-refractivity contribution in [3.63, 3.8) is 0 Å². The molecule has 170 valence electrons. The number of nitrogens with zero attached hydrogens (tertiary/aromatic N) is 3. The number of halogens is 2. The number of hydrogen-bond acceptors (Lipinski definition) is 4. The van der Waals surface area contributed by atoms with Crippen LogP contribution in [-0.2, 0) is 4.79 Å². The van der Waals surface area contributed by atoms with Crippen LogP contribution in [0.2, 0.25) is 0 Å². The van der Waals surface area contributed by atoms with Crippen LogP contribution >= 0.6 is 0 Å². The number of ether oxygens (including phenoxy) is 1. The molecule has 0 N–H and O–H groups in total. The summed E-state index contributed by atoms with van der Waals surface area (Å²) in [6, 6.07) is 8.39. The van der Waals surface area contributed by atoms with Crippen molar-refractivity contribution < 1.29 is 18.3 Å². The van der Waals surface area contributed by atoms with Gasteiger partial charge < -0.3 is 14.5 Å². The van der Waals surface area contributed by atoms with Crippen molar-refractivity contribution >= 4 is 11.6 Å². The van der Waals surface area contributed by atoms with Crippen molar-refractivity contribution in [1.29, 1.82) is 0 Å². The van der Waals surface area contributed by atoms with Crippen LogP contribution in [0.3, 0.4) is 0 Å². The van der Waals surface area contributed by atoms with Gasteiger partial charge >= 0.3 is 0 Å². The maximum absolute atomic E-state index is 13.5. The lowest BCUT2D eigenvalue weighted by Crippen LogP contribution is -2.50. The molecule has 0 radical (unpaired) electrons. The van der Waals surface area contributed by atoms with Gasteiger partial charge in [0.1, 0.15) is 11.9 Å². The molecule has 3 saturated heterocycles. The Morgan fingerprint density at radius 1 is 1.03 bits per heavy atom. The highest BCUT2D eigenvalue weighted by atomic mass is 19.3. The monoisotopic (exact) mass is 433 g/mol. The Balaban J connectivity index is 1.15. The molecule has 1 amide bonds. The van der Waals surface area contributed by atoms with Gasteiger partial charge in [-0.05, 0) is 56.6 Å². The predicted molar refractivity (Wildman–Crippen MR) is 116 cm³/mol. The molecule has 4 aliphatic rings. The SMILES string of the molecule is O=C1CC[C@@H](CN2CCC(F)(F)C2)N1c1ccc(O[C@H]2C[C@H](N3CCCCC3)C2)cc1. The Hall–Kier alpha value is -1.73. The zero-order valence-electron chi connectivity index (χ0n) is 18.1. The van der Waals surface area contributed by atoms with Crippen molar-refractivity contribution in [2.24, 2.45) is 0 Å². The van der Waals surface area contributed by atoms with Gasteiger partial charge in [0.15, 0.2) is 0 Å². The Bertz CT molecular complexity index is 776. The molecule has 0 spiro atoms. The van der Waals surface area contributed by atoms with Gasteiger partial charge in [-0.2, -0.15) is 0 Å². The quantitative estimate of drug-likeness (QED) is 0.681. The highest BCUT2D eigenvalue weighted by Crippen LogP contribution is 2.34. The fraction of sp³-hybridized carbons (Fsp3) is 0.708. The summed E-state index contributed by atoms with van der Waals surface area (Å²) in [4.78, 5) is 18.7. The summed E-state index contributed by atoms with van der Waals surface area (Å²) < 4.78 is 33.2. The summed E-state index contributed by atoms with van der Waals surface area (Å²) in [5, 5.41) is 0. The topological polar surface area (TPSA) is 36.0 Å². The van der Waals surface area contributed by atoms with Crippen molar-refractivity contribution in [1.82, 2.24) is 9.80 Å². The van der Waals surface area contributed by atoms with E-state index in [2.05, 4.69) is 4.90 Å². The molecule has 7 heteroatoms. The van der Waals surface area contributed by atoms with Gasteiger partial charge in [0.05, 0.1) is 12.6 Å². The molecule has 31 heavy (non-hydrogen) atoms. The fourth-order valence-electron chi connectivity index (χ4n) is 5.63. The molecule has 4 fully saturated rings. The van der Waals surface area contributed by atoms with Crippen LogP contribution in [0.4, 0.5) is 14.5 Å². The summed E-state index contributed by atoms with van der Waals surface area (Å²) >= 11 is 0. The second-order valence-corrected chi connectivity index (χ2v) is 9.75.